The summed E-state index contributed by atoms with van der Waals surface area (Å²) < 4.78 is 16.4. The Morgan fingerprint density at radius 2 is 1.68 bits per heavy atom. The zero-order valence-corrected chi connectivity index (χ0v) is 18.9. The number of nitrogens with one attached hydrogen (secondary N) is 1. The molecule has 0 spiro atoms. The third kappa shape index (κ3) is 6.35. The molecule has 1 fully saturated rings. The Bertz CT molecular complexity index is 848. The van der Waals surface area contributed by atoms with Gasteiger partial charge in [-0.25, -0.2) is 0 Å². The normalized spacial score (nSPS) is 15.9. The van der Waals surface area contributed by atoms with Crippen molar-refractivity contribution in [3.63, 3.8) is 0 Å². The number of hydrogen-bond acceptors (Lipinski definition) is 6. The molecule has 0 aromatic heterocycles. The molecule has 1 amide bonds. The average Bonchev–Trinajstić information content (AvgIpc) is 2.79. The van der Waals surface area contributed by atoms with Crippen LogP contribution in [0.4, 0.5) is 5.69 Å². The minimum absolute atomic E-state index is 0.0137. The summed E-state index contributed by atoms with van der Waals surface area (Å²) in [6.07, 6.45) is 0. The van der Waals surface area contributed by atoms with Gasteiger partial charge in [0.15, 0.2) is 0 Å². The van der Waals surface area contributed by atoms with Crippen LogP contribution in [0.15, 0.2) is 42.5 Å². The highest BCUT2D eigenvalue weighted by atomic mass is 16.5. The quantitative estimate of drug-likeness (QED) is 0.664. The van der Waals surface area contributed by atoms with E-state index in [9.17, 15) is 4.79 Å². The monoisotopic (exact) mass is 427 g/mol. The first-order valence-electron chi connectivity index (χ1n) is 10.7. The van der Waals surface area contributed by atoms with Crippen LogP contribution in [0.2, 0.25) is 0 Å². The number of carbonyl (C=O) groups is 1. The maximum absolute atomic E-state index is 12.8. The molecule has 2 aromatic rings. The van der Waals surface area contributed by atoms with E-state index in [2.05, 4.69) is 15.1 Å². The molecule has 1 aliphatic rings. The molecule has 31 heavy (non-hydrogen) atoms. The number of aryl methyl sites for hydroxylation is 1. The van der Waals surface area contributed by atoms with Crippen molar-refractivity contribution in [1.82, 2.24) is 9.80 Å². The van der Waals surface area contributed by atoms with Gasteiger partial charge in [-0.15, -0.1) is 0 Å². The van der Waals surface area contributed by atoms with Crippen LogP contribution in [0, 0.1) is 6.92 Å². The Kier molecular flexibility index (Phi) is 8.14. The van der Waals surface area contributed by atoms with Gasteiger partial charge in [0, 0.05) is 32.7 Å². The molecular weight excluding hydrogens is 394 g/mol. The summed E-state index contributed by atoms with van der Waals surface area (Å²) in [5, 5.41) is 3.02. The Hall–Kier alpha value is -2.77. The van der Waals surface area contributed by atoms with Gasteiger partial charge < -0.3 is 19.5 Å². The highest BCUT2D eigenvalue weighted by molar-refractivity contribution is 5.96. The Morgan fingerprint density at radius 3 is 2.32 bits per heavy atom. The van der Waals surface area contributed by atoms with Gasteiger partial charge in [-0.1, -0.05) is 6.07 Å². The molecule has 0 saturated carbocycles. The summed E-state index contributed by atoms with van der Waals surface area (Å²) in [5.74, 6) is 2.33. The summed E-state index contributed by atoms with van der Waals surface area (Å²) in [6.45, 7) is 8.98. The number of carbonyl (C=O) groups excluding carboxylic acids is 1. The van der Waals surface area contributed by atoms with Crippen molar-refractivity contribution in [3.8, 4) is 17.2 Å². The summed E-state index contributed by atoms with van der Waals surface area (Å²) in [4.78, 5) is 17.4. The second-order valence-electron chi connectivity index (χ2n) is 7.77. The number of methoxy groups -OCH3 is 2. The summed E-state index contributed by atoms with van der Waals surface area (Å²) in [6, 6.07) is 13.2. The molecule has 3 rings (SSSR count). The van der Waals surface area contributed by atoms with Crippen LogP contribution in [0.25, 0.3) is 0 Å². The molecule has 2 aromatic carbocycles. The lowest BCUT2D eigenvalue weighted by molar-refractivity contribution is -0.121. The molecule has 1 heterocycles. The SMILES string of the molecule is COc1ccc(OCCN2CCN([C@H](C)C(=O)Nc3cc(C)ccc3OC)CC2)cc1. The molecular formula is C24H33N3O4. The van der Waals surface area contributed by atoms with E-state index in [0.717, 1.165) is 49.8 Å². The lowest BCUT2D eigenvalue weighted by Gasteiger charge is -2.37. The third-order valence-corrected chi connectivity index (χ3v) is 5.68. The predicted molar refractivity (Wildman–Crippen MR) is 122 cm³/mol. The molecule has 1 aliphatic heterocycles. The number of benzene rings is 2. The van der Waals surface area contributed by atoms with Crippen LogP contribution in [-0.2, 0) is 4.79 Å². The molecule has 1 atom stereocenters. The number of rotatable bonds is 9. The first-order valence-corrected chi connectivity index (χ1v) is 10.7. The van der Waals surface area contributed by atoms with Crippen molar-refractivity contribution >= 4 is 11.6 Å². The molecule has 168 valence electrons. The van der Waals surface area contributed by atoms with Crippen LogP contribution in [0.3, 0.4) is 0 Å². The van der Waals surface area contributed by atoms with Crippen molar-refractivity contribution in [3.05, 3.63) is 48.0 Å². The van der Waals surface area contributed by atoms with Crippen molar-refractivity contribution in [2.75, 3.05) is 58.9 Å². The maximum Gasteiger partial charge on any atom is 0.241 e. The molecule has 7 heteroatoms. The van der Waals surface area contributed by atoms with Crippen molar-refractivity contribution in [2.45, 2.75) is 19.9 Å². The van der Waals surface area contributed by atoms with Crippen LogP contribution in [-0.4, -0.2) is 75.3 Å². The van der Waals surface area contributed by atoms with Crippen molar-refractivity contribution < 1.29 is 19.0 Å². The summed E-state index contributed by atoms with van der Waals surface area (Å²) >= 11 is 0. The lowest BCUT2D eigenvalue weighted by Crippen LogP contribution is -2.53. The standard InChI is InChI=1S/C24H33N3O4/c1-18-5-10-23(30-4)22(17-18)25-24(28)19(2)27-13-11-26(12-14-27)15-16-31-21-8-6-20(29-3)7-9-21/h5-10,17,19H,11-16H2,1-4H3,(H,25,28)/t19-/m1/s1. The molecule has 0 aliphatic carbocycles. The molecule has 0 radical (unpaired) electrons. The van der Waals surface area contributed by atoms with Gasteiger partial charge in [0.25, 0.3) is 0 Å². The number of piperazine rings is 1. The lowest BCUT2D eigenvalue weighted by atomic mass is 10.1. The number of amides is 1. The third-order valence-electron chi connectivity index (χ3n) is 5.68. The molecule has 1 saturated heterocycles. The van der Waals surface area contributed by atoms with Gasteiger partial charge in [0.1, 0.15) is 23.9 Å². The van der Waals surface area contributed by atoms with E-state index in [1.54, 1.807) is 14.2 Å². The summed E-state index contributed by atoms with van der Waals surface area (Å²) in [5.41, 5.74) is 1.79. The van der Waals surface area contributed by atoms with Crippen molar-refractivity contribution in [1.29, 1.82) is 0 Å². The maximum atomic E-state index is 12.8. The van der Waals surface area contributed by atoms with Gasteiger partial charge in [-0.2, -0.15) is 0 Å². The van der Waals surface area contributed by atoms with Gasteiger partial charge in [-0.05, 0) is 55.8 Å². The minimum Gasteiger partial charge on any atom is -0.497 e. The number of nitrogens with zero attached hydrogens (tertiary/aromatic N) is 2. The van der Waals surface area contributed by atoms with Gasteiger partial charge >= 0.3 is 0 Å². The molecule has 0 unspecified atom stereocenters. The Balaban J connectivity index is 1.42. The van der Waals surface area contributed by atoms with Gasteiger partial charge in [0.05, 0.1) is 25.9 Å². The Labute approximate surface area is 184 Å². The fourth-order valence-electron chi connectivity index (χ4n) is 3.66. The van der Waals surface area contributed by atoms with Crippen LogP contribution < -0.4 is 19.5 Å². The fourth-order valence-corrected chi connectivity index (χ4v) is 3.66. The van der Waals surface area contributed by atoms with Crippen LogP contribution in [0.5, 0.6) is 17.2 Å². The van der Waals surface area contributed by atoms with E-state index in [-0.39, 0.29) is 11.9 Å². The number of ether oxygens (including phenoxy) is 3. The number of anilines is 1. The van der Waals surface area contributed by atoms with Crippen molar-refractivity contribution in [2.24, 2.45) is 0 Å². The smallest absolute Gasteiger partial charge is 0.241 e. The predicted octanol–water partition coefficient (Wildman–Crippen LogP) is 3.04. The second kappa shape index (κ2) is 11.0. The van der Waals surface area contributed by atoms with E-state index in [1.807, 2.05) is 56.3 Å². The number of hydrogen-bond donors (Lipinski definition) is 1. The Morgan fingerprint density at radius 1 is 1.00 bits per heavy atom. The molecule has 7 nitrogen and oxygen atoms in total. The van der Waals surface area contributed by atoms with E-state index in [4.69, 9.17) is 14.2 Å². The fraction of sp³-hybridized carbons (Fsp3) is 0.458. The zero-order valence-electron chi connectivity index (χ0n) is 18.9. The minimum atomic E-state index is -0.206. The topological polar surface area (TPSA) is 63.3 Å². The highest BCUT2D eigenvalue weighted by Crippen LogP contribution is 2.25. The van der Waals surface area contributed by atoms with Crippen LogP contribution in [0.1, 0.15) is 12.5 Å². The molecule has 0 bridgehead atoms. The van der Waals surface area contributed by atoms with Gasteiger partial charge in [-0.3, -0.25) is 14.6 Å². The second-order valence-corrected chi connectivity index (χ2v) is 7.77. The highest BCUT2D eigenvalue weighted by Gasteiger charge is 2.26. The van der Waals surface area contributed by atoms with Crippen LogP contribution >= 0.6 is 0 Å². The molecule has 1 N–H and O–H groups in total. The first kappa shape index (κ1) is 22.9. The van der Waals surface area contributed by atoms with E-state index < -0.39 is 0 Å². The van der Waals surface area contributed by atoms with Gasteiger partial charge in [0.2, 0.25) is 5.91 Å². The first-order chi connectivity index (χ1) is 15.0. The largest absolute Gasteiger partial charge is 0.497 e. The zero-order chi connectivity index (χ0) is 22.2. The average molecular weight is 428 g/mol. The van der Waals surface area contributed by atoms with E-state index >= 15 is 0 Å². The summed E-state index contributed by atoms with van der Waals surface area (Å²) in [7, 11) is 3.26. The van der Waals surface area contributed by atoms with E-state index in [0.29, 0.717) is 18.0 Å². The van der Waals surface area contributed by atoms with E-state index in [1.165, 1.54) is 0 Å².